The van der Waals surface area contributed by atoms with Crippen LogP contribution in [0.1, 0.15) is 11.1 Å². The molecule has 0 aliphatic rings. The summed E-state index contributed by atoms with van der Waals surface area (Å²) in [5.74, 6) is 0. The third-order valence-electron chi connectivity index (χ3n) is 2.13. The van der Waals surface area contributed by atoms with E-state index in [9.17, 15) is 4.79 Å². The highest BCUT2D eigenvalue weighted by Gasteiger charge is 2.02. The molecule has 0 saturated heterocycles. The second kappa shape index (κ2) is 2.45. The summed E-state index contributed by atoms with van der Waals surface area (Å²) < 4.78 is 1.04. The number of fused-ring (bicyclic) bond motifs is 1. The zero-order valence-electron chi connectivity index (χ0n) is 6.97. The molecule has 0 unspecified atom stereocenters. The van der Waals surface area contributed by atoms with E-state index >= 15 is 0 Å². The van der Waals surface area contributed by atoms with Crippen molar-refractivity contribution in [2.45, 2.75) is 13.8 Å². The normalized spacial score (nSPS) is 10.8. The van der Waals surface area contributed by atoms with Crippen LogP contribution in [0.4, 0.5) is 0 Å². The van der Waals surface area contributed by atoms with Gasteiger partial charge in [0.25, 0.3) is 0 Å². The third kappa shape index (κ3) is 0.975. The van der Waals surface area contributed by atoms with Crippen LogP contribution in [0.3, 0.4) is 0 Å². The Kier molecular flexibility index (Phi) is 1.54. The van der Waals surface area contributed by atoms with Gasteiger partial charge in [0.1, 0.15) is 0 Å². The number of aromatic nitrogens is 1. The fourth-order valence-electron chi connectivity index (χ4n) is 1.26. The molecule has 2 aromatic rings. The van der Waals surface area contributed by atoms with E-state index in [1.54, 1.807) is 0 Å². The number of rotatable bonds is 0. The molecular formula is C9H9NOS. The molecule has 0 aliphatic heterocycles. The summed E-state index contributed by atoms with van der Waals surface area (Å²) in [5, 5.41) is 0. The molecule has 1 aromatic heterocycles. The Balaban J connectivity index is 2.99. The zero-order chi connectivity index (χ0) is 8.72. The molecule has 2 nitrogen and oxygen atoms in total. The van der Waals surface area contributed by atoms with Crippen molar-refractivity contribution in [3.05, 3.63) is 32.9 Å². The fraction of sp³-hybridized carbons (Fsp3) is 0.222. The Morgan fingerprint density at radius 2 is 2.08 bits per heavy atom. The first-order chi connectivity index (χ1) is 5.68. The van der Waals surface area contributed by atoms with E-state index in [2.05, 4.69) is 4.98 Å². The molecule has 1 aromatic carbocycles. The van der Waals surface area contributed by atoms with Crippen LogP contribution in [0.15, 0.2) is 16.9 Å². The average Bonchev–Trinajstić information content (AvgIpc) is 2.39. The summed E-state index contributed by atoms with van der Waals surface area (Å²) in [5.41, 5.74) is 3.38. The molecule has 0 spiro atoms. The average molecular weight is 179 g/mol. The monoisotopic (exact) mass is 179 g/mol. The van der Waals surface area contributed by atoms with E-state index in [4.69, 9.17) is 0 Å². The molecule has 1 heterocycles. The third-order valence-corrected chi connectivity index (χ3v) is 2.97. The lowest BCUT2D eigenvalue weighted by Crippen LogP contribution is -1.91. The van der Waals surface area contributed by atoms with Crippen molar-refractivity contribution in [1.29, 1.82) is 0 Å². The number of nitrogens with one attached hydrogen (secondary N) is 1. The topological polar surface area (TPSA) is 32.9 Å². The number of benzene rings is 1. The first-order valence-corrected chi connectivity index (χ1v) is 4.59. The Morgan fingerprint density at radius 1 is 1.33 bits per heavy atom. The van der Waals surface area contributed by atoms with Gasteiger partial charge in [-0.05, 0) is 31.0 Å². The van der Waals surface area contributed by atoms with Crippen molar-refractivity contribution in [1.82, 2.24) is 4.98 Å². The molecule has 62 valence electrons. The number of aryl methyl sites for hydroxylation is 2. The van der Waals surface area contributed by atoms with Gasteiger partial charge in [-0.1, -0.05) is 17.4 Å². The maximum absolute atomic E-state index is 11.0. The maximum Gasteiger partial charge on any atom is 0.305 e. The zero-order valence-corrected chi connectivity index (χ0v) is 7.79. The number of hydrogen-bond donors (Lipinski definition) is 1. The van der Waals surface area contributed by atoms with Gasteiger partial charge in [0.2, 0.25) is 0 Å². The summed E-state index contributed by atoms with van der Waals surface area (Å²) in [6.07, 6.45) is 0. The number of H-pyrrole nitrogens is 1. The van der Waals surface area contributed by atoms with E-state index in [1.165, 1.54) is 22.5 Å². The Bertz CT molecular complexity index is 481. The van der Waals surface area contributed by atoms with E-state index in [0.717, 1.165) is 10.2 Å². The number of aromatic amines is 1. The minimum Gasteiger partial charge on any atom is -0.312 e. The van der Waals surface area contributed by atoms with E-state index in [-0.39, 0.29) is 4.87 Å². The van der Waals surface area contributed by atoms with E-state index in [1.807, 2.05) is 26.0 Å². The summed E-state index contributed by atoms with van der Waals surface area (Å²) in [7, 11) is 0. The predicted molar refractivity (Wildman–Crippen MR) is 51.9 cm³/mol. The van der Waals surface area contributed by atoms with Crippen molar-refractivity contribution >= 4 is 21.6 Å². The van der Waals surface area contributed by atoms with Gasteiger partial charge in [0, 0.05) is 0 Å². The van der Waals surface area contributed by atoms with Crippen molar-refractivity contribution in [3.63, 3.8) is 0 Å². The number of hydrogen-bond acceptors (Lipinski definition) is 2. The van der Waals surface area contributed by atoms with Gasteiger partial charge in [-0.2, -0.15) is 0 Å². The Hall–Kier alpha value is -1.09. The minimum absolute atomic E-state index is 0.0266. The van der Waals surface area contributed by atoms with Crippen molar-refractivity contribution in [2.24, 2.45) is 0 Å². The van der Waals surface area contributed by atoms with Crippen LogP contribution in [-0.2, 0) is 0 Å². The van der Waals surface area contributed by atoms with Crippen molar-refractivity contribution in [3.8, 4) is 0 Å². The summed E-state index contributed by atoms with van der Waals surface area (Å²) in [6, 6.07) is 4.03. The van der Waals surface area contributed by atoms with Crippen LogP contribution in [0, 0.1) is 13.8 Å². The Morgan fingerprint density at radius 3 is 2.83 bits per heavy atom. The SMILES string of the molecule is Cc1ccc2sc(=O)[nH]c2c1C. The summed E-state index contributed by atoms with van der Waals surface area (Å²) in [4.78, 5) is 13.9. The standard InChI is InChI=1S/C9H9NOS/c1-5-3-4-7-8(6(5)2)10-9(11)12-7/h3-4H,1-2H3,(H,10,11). The largest absolute Gasteiger partial charge is 0.312 e. The van der Waals surface area contributed by atoms with Gasteiger partial charge in [-0.3, -0.25) is 4.79 Å². The molecule has 1 N–H and O–H groups in total. The maximum atomic E-state index is 11.0. The Labute approximate surface area is 73.9 Å². The summed E-state index contributed by atoms with van der Waals surface area (Å²) in [6.45, 7) is 4.07. The van der Waals surface area contributed by atoms with E-state index < -0.39 is 0 Å². The second-order valence-corrected chi connectivity index (χ2v) is 3.91. The molecule has 0 aliphatic carbocycles. The molecular weight excluding hydrogens is 170 g/mol. The molecule has 0 bridgehead atoms. The van der Waals surface area contributed by atoms with Gasteiger partial charge in [-0.25, -0.2) is 0 Å². The molecule has 0 fully saturated rings. The molecule has 0 amide bonds. The van der Waals surface area contributed by atoms with Crippen LogP contribution in [-0.4, -0.2) is 4.98 Å². The van der Waals surface area contributed by atoms with Gasteiger partial charge in [-0.15, -0.1) is 0 Å². The first kappa shape index (κ1) is 7.55. The fourth-order valence-corrected chi connectivity index (χ4v) is 2.05. The first-order valence-electron chi connectivity index (χ1n) is 3.77. The predicted octanol–water partition coefficient (Wildman–Crippen LogP) is 2.21. The second-order valence-electron chi connectivity index (χ2n) is 2.90. The van der Waals surface area contributed by atoms with Crippen LogP contribution in [0.2, 0.25) is 0 Å². The van der Waals surface area contributed by atoms with Crippen LogP contribution in [0.5, 0.6) is 0 Å². The van der Waals surface area contributed by atoms with Crippen LogP contribution < -0.4 is 4.87 Å². The molecule has 2 rings (SSSR count). The highest BCUT2D eigenvalue weighted by Crippen LogP contribution is 2.20. The van der Waals surface area contributed by atoms with Gasteiger partial charge in [0.15, 0.2) is 0 Å². The van der Waals surface area contributed by atoms with Gasteiger partial charge < -0.3 is 4.98 Å². The van der Waals surface area contributed by atoms with Crippen LogP contribution >= 0.6 is 11.3 Å². The van der Waals surface area contributed by atoms with E-state index in [0.29, 0.717) is 0 Å². The quantitative estimate of drug-likeness (QED) is 0.660. The van der Waals surface area contributed by atoms with Gasteiger partial charge >= 0.3 is 4.87 Å². The smallest absolute Gasteiger partial charge is 0.305 e. The molecule has 12 heavy (non-hydrogen) atoms. The van der Waals surface area contributed by atoms with Crippen molar-refractivity contribution < 1.29 is 0 Å². The molecule has 0 atom stereocenters. The van der Waals surface area contributed by atoms with Crippen molar-refractivity contribution in [2.75, 3.05) is 0 Å². The number of thiazole rings is 1. The van der Waals surface area contributed by atoms with Crippen LogP contribution in [0.25, 0.3) is 10.2 Å². The molecule has 3 heteroatoms. The highest BCUT2D eigenvalue weighted by molar-refractivity contribution is 7.16. The lowest BCUT2D eigenvalue weighted by Gasteiger charge is -1.98. The lowest BCUT2D eigenvalue weighted by molar-refractivity contribution is 1.32. The minimum atomic E-state index is 0.0266. The molecule has 0 saturated carbocycles. The van der Waals surface area contributed by atoms with Gasteiger partial charge in [0.05, 0.1) is 10.2 Å². The lowest BCUT2D eigenvalue weighted by atomic mass is 10.1. The highest BCUT2D eigenvalue weighted by atomic mass is 32.1. The summed E-state index contributed by atoms with van der Waals surface area (Å²) >= 11 is 1.26. The molecule has 0 radical (unpaired) electrons.